The van der Waals surface area contributed by atoms with E-state index in [0.29, 0.717) is 25.9 Å². The second kappa shape index (κ2) is 10.5. The number of carbonyl (C=O) groups excluding carboxylic acids is 4. The zero-order valence-corrected chi connectivity index (χ0v) is 16.9. The number of rotatable bonds is 7. The van der Waals surface area contributed by atoms with Gasteiger partial charge in [0.1, 0.15) is 0 Å². The maximum atomic E-state index is 13.1. The molecule has 2 heterocycles. The highest BCUT2D eigenvalue weighted by molar-refractivity contribution is 5.95. The largest absolute Gasteiger partial charge is 0.459 e. The Bertz CT molecular complexity index is 987. The van der Waals surface area contributed by atoms with Crippen LogP contribution in [0, 0.1) is 17.6 Å². The molecule has 1 saturated heterocycles. The van der Waals surface area contributed by atoms with Gasteiger partial charge >= 0.3 is 5.97 Å². The fraction of sp³-hybridized carbons (Fsp3) is 0.333. The highest BCUT2D eigenvalue weighted by Crippen LogP contribution is 2.20. The molecule has 0 spiro atoms. The lowest BCUT2D eigenvalue weighted by Gasteiger charge is -2.30. The topological polar surface area (TPSA) is 118 Å². The van der Waals surface area contributed by atoms with Crippen LogP contribution in [0.1, 0.15) is 23.4 Å². The van der Waals surface area contributed by atoms with E-state index in [4.69, 9.17) is 9.15 Å². The van der Waals surface area contributed by atoms with Gasteiger partial charge in [-0.15, -0.1) is 0 Å². The van der Waals surface area contributed by atoms with Gasteiger partial charge in [-0.2, -0.15) is 0 Å². The Hall–Kier alpha value is -3.76. The van der Waals surface area contributed by atoms with Crippen LogP contribution in [0.3, 0.4) is 0 Å². The van der Waals surface area contributed by atoms with E-state index >= 15 is 0 Å². The van der Waals surface area contributed by atoms with Crippen molar-refractivity contribution in [2.45, 2.75) is 12.8 Å². The molecular weight excluding hydrogens is 428 g/mol. The number of nitrogens with one attached hydrogen (secondary N) is 2. The monoisotopic (exact) mass is 449 g/mol. The molecule has 3 rings (SSSR count). The predicted octanol–water partition coefficient (Wildman–Crippen LogP) is 1.71. The van der Waals surface area contributed by atoms with Gasteiger partial charge in [0.15, 0.2) is 24.0 Å². The van der Waals surface area contributed by atoms with Crippen molar-refractivity contribution in [2.75, 3.05) is 31.6 Å². The van der Waals surface area contributed by atoms with Crippen LogP contribution in [0.4, 0.5) is 14.5 Å². The lowest BCUT2D eigenvalue weighted by molar-refractivity contribution is -0.153. The first-order chi connectivity index (χ1) is 15.3. The average molecular weight is 449 g/mol. The number of esters is 1. The van der Waals surface area contributed by atoms with Gasteiger partial charge in [0.2, 0.25) is 5.91 Å². The van der Waals surface area contributed by atoms with Gasteiger partial charge in [-0.05, 0) is 37.1 Å². The summed E-state index contributed by atoms with van der Waals surface area (Å²) in [5.74, 6) is -4.54. The standard InChI is InChI=1S/C21H21F2N3O6/c22-15-4-3-14(10-16(15)23)25-18(27)11-24-19(28)12-32-21(30)13-5-7-26(8-6-13)20(29)17-2-1-9-31-17/h1-4,9-10,13H,5-8,11-12H2,(H,24,28)(H,25,27). The molecule has 0 radical (unpaired) electrons. The number of hydrogen-bond acceptors (Lipinski definition) is 6. The fourth-order valence-electron chi connectivity index (χ4n) is 3.14. The number of ether oxygens (including phenoxy) is 1. The maximum Gasteiger partial charge on any atom is 0.309 e. The van der Waals surface area contributed by atoms with Crippen LogP contribution in [0.25, 0.3) is 0 Å². The molecule has 1 aliphatic heterocycles. The molecule has 170 valence electrons. The summed E-state index contributed by atoms with van der Waals surface area (Å²) in [5, 5.41) is 4.56. The van der Waals surface area contributed by atoms with Gasteiger partial charge in [0.05, 0.1) is 18.7 Å². The van der Waals surface area contributed by atoms with Crippen LogP contribution in [0.2, 0.25) is 0 Å². The number of halogens is 2. The van der Waals surface area contributed by atoms with Crippen molar-refractivity contribution in [1.82, 2.24) is 10.2 Å². The summed E-state index contributed by atoms with van der Waals surface area (Å²) in [4.78, 5) is 49.6. The van der Waals surface area contributed by atoms with Crippen molar-refractivity contribution in [3.63, 3.8) is 0 Å². The molecule has 0 saturated carbocycles. The number of anilines is 1. The number of likely N-dealkylation sites (tertiary alicyclic amines) is 1. The molecule has 0 aliphatic carbocycles. The Morgan fingerprint density at radius 1 is 1.06 bits per heavy atom. The van der Waals surface area contributed by atoms with E-state index in [-0.39, 0.29) is 17.4 Å². The van der Waals surface area contributed by atoms with E-state index < -0.39 is 48.5 Å². The third-order valence-corrected chi connectivity index (χ3v) is 4.84. The van der Waals surface area contributed by atoms with Crippen LogP contribution in [-0.4, -0.2) is 54.8 Å². The van der Waals surface area contributed by atoms with Gasteiger partial charge in [-0.1, -0.05) is 0 Å². The van der Waals surface area contributed by atoms with Crippen LogP contribution in [0.5, 0.6) is 0 Å². The molecule has 1 aromatic heterocycles. The third kappa shape index (κ3) is 6.13. The lowest BCUT2D eigenvalue weighted by Crippen LogP contribution is -2.41. The van der Waals surface area contributed by atoms with Crippen LogP contribution in [-0.2, 0) is 19.1 Å². The molecule has 1 aliphatic rings. The number of piperidine rings is 1. The van der Waals surface area contributed by atoms with E-state index in [2.05, 4.69) is 10.6 Å². The van der Waals surface area contributed by atoms with Crippen molar-refractivity contribution in [2.24, 2.45) is 5.92 Å². The first-order valence-corrected chi connectivity index (χ1v) is 9.84. The van der Waals surface area contributed by atoms with Gasteiger partial charge in [-0.3, -0.25) is 19.2 Å². The van der Waals surface area contributed by atoms with Crippen molar-refractivity contribution in [3.8, 4) is 0 Å². The summed E-state index contributed by atoms with van der Waals surface area (Å²) in [6, 6.07) is 6.03. The minimum atomic E-state index is -1.12. The number of furan rings is 1. The molecule has 0 unspecified atom stereocenters. The van der Waals surface area contributed by atoms with Crippen LogP contribution in [0.15, 0.2) is 41.0 Å². The second-order valence-electron chi connectivity index (χ2n) is 7.11. The van der Waals surface area contributed by atoms with E-state index in [9.17, 15) is 28.0 Å². The summed E-state index contributed by atoms with van der Waals surface area (Å²) < 4.78 is 36.1. The molecule has 2 N–H and O–H groups in total. The maximum absolute atomic E-state index is 13.1. The molecule has 1 aromatic carbocycles. The highest BCUT2D eigenvalue weighted by Gasteiger charge is 2.30. The molecule has 0 bridgehead atoms. The van der Waals surface area contributed by atoms with E-state index in [0.717, 1.165) is 12.1 Å². The Morgan fingerprint density at radius 2 is 1.81 bits per heavy atom. The molecular formula is C21H21F2N3O6. The third-order valence-electron chi connectivity index (χ3n) is 4.84. The summed E-state index contributed by atoms with van der Waals surface area (Å²) in [6.45, 7) is -0.295. The summed E-state index contributed by atoms with van der Waals surface area (Å²) in [7, 11) is 0. The van der Waals surface area contributed by atoms with Crippen LogP contribution >= 0.6 is 0 Å². The number of hydrogen-bond donors (Lipinski definition) is 2. The van der Waals surface area contributed by atoms with Crippen molar-refractivity contribution < 1.29 is 37.1 Å². The highest BCUT2D eigenvalue weighted by atomic mass is 19.2. The first-order valence-electron chi connectivity index (χ1n) is 9.84. The number of amides is 3. The normalized spacial score (nSPS) is 14.0. The van der Waals surface area contributed by atoms with E-state index in [1.807, 2.05) is 0 Å². The molecule has 0 atom stereocenters. The van der Waals surface area contributed by atoms with E-state index in [1.54, 1.807) is 17.0 Å². The summed E-state index contributed by atoms with van der Waals surface area (Å²) >= 11 is 0. The smallest absolute Gasteiger partial charge is 0.309 e. The molecule has 1 fully saturated rings. The minimum absolute atomic E-state index is 0.0337. The van der Waals surface area contributed by atoms with Crippen LogP contribution < -0.4 is 10.6 Å². The predicted molar refractivity (Wildman–Crippen MR) is 106 cm³/mol. The lowest BCUT2D eigenvalue weighted by atomic mass is 9.97. The molecule has 2 aromatic rings. The van der Waals surface area contributed by atoms with Gasteiger partial charge in [0, 0.05) is 24.8 Å². The minimum Gasteiger partial charge on any atom is -0.459 e. The Morgan fingerprint density at radius 3 is 2.47 bits per heavy atom. The molecule has 11 heteroatoms. The molecule has 3 amide bonds. The molecule has 9 nitrogen and oxygen atoms in total. The summed E-state index contributed by atoms with van der Waals surface area (Å²) in [6.07, 6.45) is 2.20. The Balaban J connectivity index is 1.34. The first kappa shape index (κ1) is 22.9. The average Bonchev–Trinajstić information content (AvgIpc) is 3.33. The zero-order valence-electron chi connectivity index (χ0n) is 16.9. The quantitative estimate of drug-likeness (QED) is 0.622. The Labute approximate surface area is 181 Å². The van der Waals surface area contributed by atoms with Crippen molar-refractivity contribution in [1.29, 1.82) is 0 Å². The molecule has 32 heavy (non-hydrogen) atoms. The Kier molecular flexibility index (Phi) is 7.53. The van der Waals surface area contributed by atoms with Crippen molar-refractivity contribution in [3.05, 3.63) is 54.0 Å². The summed E-state index contributed by atoms with van der Waals surface area (Å²) in [5.41, 5.74) is 0.0337. The van der Waals surface area contributed by atoms with Crippen molar-refractivity contribution >= 4 is 29.4 Å². The number of benzene rings is 1. The zero-order chi connectivity index (χ0) is 23.1. The van der Waals surface area contributed by atoms with Gasteiger partial charge in [-0.25, -0.2) is 8.78 Å². The van der Waals surface area contributed by atoms with E-state index in [1.165, 1.54) is 12.3 Å². The second-order valence-corrected chi connectivity index (χ2v) is 7.11. The fourth-order valence-corrected chi connectivity index (χ4v) is 3.14. The van der Waals surface area contributed by atoms with Gasteiger partial charge in [0.25, 0.3) is 11.8 Å². The SMILES string of the molecule is O=C(COC(=O)C1CCN(C(=O)c2ccco2)CC1)NCC(=O)Nc1ccc(F)c(F)c1. The number of carbonyl (C=O) groups is 4. The van der Waals surface area contributed by atoms with Gasteiger partial charge < -0.3 is 24.7 Å². The number of nitrogens with zero attached hydrogens (tertiary/aromatic N) is 1.